The third kappa shape index (κ3) is 3.30. The van der Waals surface area contributed by atoms with Crippen LogP contribution in [0.4, 0.5) is 0 Å². The first-order valence-corrected chi connectivity index (χ1v) is 9.61. The summed E-state index contributed by atoms with van der Waals surface area (Å²) in [7, 11) is 0. The Kier molecular flexibility index (Phi) is 4.97. The van der Waals surface area contributed by atoms with Gasteiger partial charge in [0.2, 0.25) is 5.69 Å². The van der Waals surface area contributed by atoms with E-state index in [1.54, 1.807) is 6.07 Å². The summed E-state index contributed by atoms with van der Waals surface area (Å²) in [5, 5.41) is 12.8. The highest BCUT2D eigenvalue weighted by Gasteiger charge is 2.26. The molecule has 1 atom stereocenters. The van der Waals surface area contributed by atoms with Gasteiger partial charge in [-0.2, -0.15) is 9.94 Å². The maximum atomic E-state index is 12.1. The minimum Gasteiger partial charge on any atom is -0.452 e. The van der Waals surface area contributed by atoms with E-state index >= 15 is 0 Å². The molecule has 11 heteroatoms. The minimum atomic E-state index is -0.892. The first-order valence-electron chi connectivity index (χ1n) is 8.85. The van der Waals surface area contributed by atoms with Crippen molar-refractivity contribution in [2.24, 2.45) is 0 Å². The van der Waals surface area contributed by atoms with E-state index in [0.29, 0.717) is 17.7 Å². The van der Waals surface area contributed by atoms with Crippen LogP contribution in [0.25, 0.3) is 5.69 Å². The standard InChI is InChI=1S/C19H13Cl2N5O4/c1-8-2-3-10-14(7-23-18(28)15(8)10)30-16-11(20)4-9(5-12(16)21)26-19(29)24-17(27)13(6-22)25-26/h4-5,7-8H,2-3H2,1H3,(H,23,28)(H,24,27,29). The summed E-state index contributed by atoms with van der Waals surface area (Å²) in [6.45, 7) is 1.98. The predicted molar refractivity (Wildman–Crippen MR) is 109 cm³/mol. The maximum Gasteiger partial charge on any atom is 0.349 e. The molecule has 0 saturated heterocycles. The Labute approximate surface area is 178 Å². The number of hydrogen-bond donors (Lipinski definition) is 2. The molecule has 2 N–H and O–H groups in total. The third-order valence-corrected chi connectivity index (χ3v) is 5.46. The Bertz CT molecular complexity index is 1380. The van der Waals surface area contributed by atoms with Crippen LogP contribution in [0.1, 0.15) is 36.1 Å². The Morgan fingerprint density at radius 3 is 2.60 bits per heavy atom. The SMILES string of the molecule is CC1CCc2c(Oc3c(Cl)cc(-n4nc(C#N)c(=O)[nH]c4=O)cc3Cl)c[nH]c(=O)c21. The van der Waals surface area contributed by atoms with Gasteiger partial charge in [0.15, 0.2) is 5.75 Å². The van der Waals surface area contributed by atoms with Gasteiger partial charge in [0.1, 0.15) is 11.8 Å². The molecular weight excluding hydrogens is 433 g/mol. The smallest absolute Gasteiger partial charge is 0.349 e. The van der Waals surface area contributed by atoms with Gasteiger partial charge in [0.25, 0.3) is 11.1 Å². The van der Waals surface area contributed by atoms with Crippen molar-refractivity contribution < 1.29 is 4.74 Å². The Balaban J connectivity index is 1.78. The molecule has 2 aromatic heterocycles. The molecule has 9 nitrogen and oxygen atoms in total. The molecule has 1 aliphatic carbocycles. The molecule has 0 radical (unpaired) electrons. The average molecular weight is 446 g/mol. The van der Waals surface area contributed by atoms with Crippen molar-refractivity contribution in [1.29, 1.82) is 5.26 Å². The molecule has 3 aromatic rings. The number of H-pyrrole nitrogens is 2. The first kappa shape index (κ1) is 19.9. The quantitative estimate of drug-likeness (QED) is 0.636. The fourth-order valence-electron chi connectivity index (χ4n) is 3.47. The fraction of sp³-hybridized carbons (Fsp3) is 0.211. The van der Waals surface area contributed by atoms with Gasteiger partial charge in [-0.1, -0.05) is 30.1 Å². The number of halogens is 2. The van der Waals surface area contributed by atoms with E-state index < -0.39 is 16.9 Å². The van der Waals surface area contributed by atoms with Crippen molar-refractivity contribution in [2.75, 3.05) is 0 Å². The molecule has 0 fully saturated rings. The van der Waals surface area contributed by atoms with Crippen LogP contribution in [0.5, 0.6) is 11.5 Å². The van der Waals surface area contributed by atoms with Gasteiger partial charge in [0, 0.05) is 17.3 Å². The number of pyridine rings is 1. The van der Waals surface area contributed by atoms with Gasteiger partial charge in [-0.25, -0.2) is 4.79 Å². The number of nitrogens with one attached hydrogen (secondary N) is 2. The van der Waals surface area contributed by atoms with Crippen molar-refractivity contribution in [1.82, 2.24) is 19.7 Å². The molecule has 30 heavy (non-hydrogen) atoms. The van der Waals surface area contributed by atoms with Crippen molar-refractivity contribution >= 4 is 23.2 Å². The lowest BCUT2D eigenvalue weighted by Gasteiger charge is -2.14. The number of benzene rings is 1. The zero-order chi connectivity index (χ0) is 21.6. The van der Waals surface area contributed by atoms with E-state index in [4.69, 9.17) is 33.2 Å². The molecule has 0 spiro atoms. The van der Waals surface area contributed by atoms with Crippen LogP contribution in [0.2, 0.25) is 10.0 Å². The second kappa shape index (κ2) is 7.48. The highest BCUT2D eigenvalue weighted by Crippen LogP contribution is 2.41. The highest BCUT2D eigenvalue weighted by atomic mass is 35.5. The van der Waals surface area contributed by atoms with Gasteiger partial charge in [-0.3, -0.25) is 14.6 Å². The van der Waals surface area contributed by atoms with Gasteiger partial charge in [-0.05, 0) is 30.9 Å². The second-order valence-corrected chi connectivity index (χ2v) is 7.60. The van der Waals surface area contributed by atoms with E-state index in [-0.39, 0.29) is 33.0 Å². The minimum absolute atomic E-state index is 0.0712. The van der Waals surface area contributed by atoms with Crippen LogP contribution in [0, 0.1) is 11.3 Å². The summed E-state index contributed by atoms with van der Waals surface area (Å²) < 4.78 is 6.73. The van der Waals surface area contributed by atoms with Crippen molar-refractivity contribution in [3.63, 3.8) is 0 Å². The number of hydrogen-bond acceptors (Lipinski definition) is 6. The zero-order valence-corrected chi connectivity index (χ0v) is 17.0. The topological polar surface area (TPSA) is 134 Å². The summed E-state index contributed by atoms with van der Waals surface area (Å²) in [6, 6.07) is 4.34. The van der Waals surface area contributed by atoms with Crippen LogP contribution in [-0.2, 0) is 6.42 Å². The summed E-state index contributed by atoms with van der Waals surface area (Å²) >= 11 is 12.7. The molecule has 1 aliphatic rings. The van der Waals surface area contributed by atoms with Crippen LogP contribution < -0.4 is 21.5 Å². The normalized spacial score (nSPS) is 14.9. The summed E-state index contributed by atoms with van der Waals surface area (Å²) in [4.78, 5) is 40.4. The van der Waals surface area contributed by atoms with E-state index in [1.165, 1.54) is 18.3 Å². The van der Waals surface area contributed by atoms with Gasteiger partial charge in [-0.15, -0.1) is 5.10 Å². The number of fused-ring (bicyclic) bond motifs is 1. The molecule has 1 unspecified atom stereocenters. The monoisotopic (exact) mass is 445 g/mol. The third-order valence-electron chi connectivity index (χ3n) is 4.90. The van der Waals surface area contributed by atoms with Gasteiger partial charge < -0.3 is 9.72 Å². The molecule has 4 rings (SSSR count). The number of nitriles is 1. The van der Waals surface area contributed by atoms with Crippen LogP contribution in [-0.4, -0.2) is 19.7 Å². The van der Waals surface area contributed by atoms with E-state index in [1.807, 2.05) is 11.9 Å². The zero-order valence-electron chi connectivity index (χ0n) is 15.5. The lowest BCUT2D eigenvalue weighted by atomic mass is 10.1. The lowest BCUT2D eigenvalue weighted by molar-refractivity contribution is 0.474. The molecule has 2 heterocycles. The van der Waals surface area contributed by atoms with Crippen molar-refractivity contribution in [2.45, 2.75) is 25.7 Å². The summed E-state index contributed by atoms with van der Waals surface area (Å²) in [6.07, 6.45) is 2.99. The van der Waals surface area contributed by atoms with E-state index in [9.17, 15) is 14.4 Å². The predicted octanol–water partition coefficient (Wildman–Crippen LogP) is 2.63. The number of aromatic amines is 2. The number of aromatic nitrogens is 4. The van der Waals surface area contributed by atoms with Crippen molar-refractivity contribution in [3.8, 4) is 23.3 Å². The Morgan fingerprint density at radius 2 is 1.93 bits per heavy atom. The number of rotatable bonds is 3. The van der Waals surface area contributed by atoms with E-state index in [0.717, 1.165) is 16.7 Å². The molecule has 0 amide bonds. The lowest BCUT2D eigenvalue weighted by Crippen LogP contribution is -2.33. The number of ether oxygens (including phenoxy) is 1. The molecule has 0 aliphatic heterocycles. The molecule has 0 bridgehead atoms. The molecule has 152 valence electrons. The molecular formula is C19H13Cl2N5O4. The highest BCUT2D eigenvalue weighted by molar-refractivity contribution is 6.37. The molecule has 1 aromatic carbocycles. The van der Waals surface area contributed by atoms with Gasteiger partial charge >= 0.3 is 5.69 Å². The maximum absolute atomic E-state index is 12.1. The molecule has 0 saturated carbocycles. The van der Waals surface area contributed by atoms with Crippen molar-refractivity contribution in [3.05, 3.63) is 76.4 Å². The second-order valence-electron chi connectivity index (χ2n) is 6.79. The number of nitrogens with zero attached hydrogens (tertiary/aromatic N) is 3. The van der Waals surface area contributed by atoms with Gasteiger partial charge in [0.05, 0.1) is 15.7 Å². The van der Waals surface area contributed by atoms with Crippen LogP contribution >= 0.6 is 23.2 Å². The summed E-state index contributed by atoms with van der Waals surface area (Å²) in [5.74, 6) is 0.693. The van der Waals surface area contributed by atoms with Crippen LogP contribution in [0.3, 0.4) is 0 Å². The van der Waals surface area contributed by atoms with Crippen LogP contribution in [0.15, 0.2) is 32.7 Å². The Morgan fingerprint density at radius 1 is 1.23 bits per heavy atom. The summed E-state index contributed by atoms with van der Waals surface area (Å²) in [5.41, 5.74) is -0.754. The van der Waals surface area contributed by atoms with E-state index in [2.05, 4.69) is 10.1 Å². The first-order chi connectivity index (χ1) is 14.3. The fourth-order valence-corrected chi connectivity index (χ4v) is 4.02. The largest absolute Gasteiger partial charge is 0.452 e. The Hall–Kier alpha value is -3.35. The average Bonchev–Trinajstić information content (AvgIpc) is 3.09.